The highest BCUT2D eigenvalue weighted by atomic mass is 16.5. The maximum absolute atomic E-state index is 12.7. The molecule has 0 spiro atoms. The fourth-order valence-electron chi connectivity index (χ4n) is 3.44. The van der Waals surface area contributed by atoms with Gasteiger partial charge in [0.05, 0.1) is 19.6 Å². The molecule has 1 saturated heterocycles. The van der Waals surface area contributed by atoms with Gasteiger partial charge >= 0.3 is 0 Å². The smallest absolute Gasteiger partial charge is 0.231 e. The van der Waals surface area contributed by atoms with E-state index in [2.05, 4.69) is 10.1 Å². The maximum atomic E-state index is 12.7. The molecule has 0 radical (unpaired) electrons. The van der Waals surface area contributed by atoms with Crippen molar-refractivity contribution in [1.82, 2.24) is 15.0 Å². The third-order valence-corrected chi connectivity index (χ3v) is 4.80. The van der Waals surface area contributed by atoms with Crippen LogP contribution in [0.2, 0.25) is 0 Å². The van der Waals surface area contributed by atoms with Crippen molar-refractivity contribution in [2.45, 2.75) is 25.7 Å². The summed E-state index contributed by atoms with van der Waals surface area (Å²) in [6.45, 7) is 3.60. The van der Waals surface area contributed by atoms with Gasteiger partial charge in [-0.2, -0.15) is 4.98 Å². The summed E-state index contributed by atoms with van der Waals surface area (Å²) >= 11 is 0. The van der Waals surface area contributed by atoms with Gasteiger partial charge in [-0.3, -0.25) is 4.79 Å². The van der Waals surface area contributed by atoms with Gasteiger partial charge < -0.3 is 18.9 Å². The van der Waals surface area contributed by atoms with Crippen LogP contribution < -0.4 is 4.74 Å². The van der Waals surface area contributed by atoms with Gasteiger partial charge in [0.1, 0.15) is 5.75 Å². The summed E-state index contributed by atoms with van der Waals surface area (Å²) in [5.74, 6) is 2.33. The Kier molecular flexibility index (Phi) is 5.88. The monoisotopic (exact) mass is 359 g/mol. The van der Waals surface area contributed by atoms with Gasteiger partial charge in [-0.25, -0.2) is 0 Å². The Hall–Kier alpha value is -2.41. The summed E-state index contributed by atoms with van der Waals surface area (Å²) < 4.78 is 15.9. The van der Waals surface area contributed by atoms with Crippen LogP contribution in [0.5, 0.6) is 5.75 Å². The van der Waals surface area contributed by atoms with E-state index < -0.39 is 0 Å². The molecule has 2 heterocycles. The molecule has 1 aromatic carbocycles. The van der Waals surface area contributed by atoms with E-state index in [1.165, 1.54) is 0 Å². The highest BCUT2D eigenvalue weighted by Gasteiger charge is 2.39. The molecule has 1 aromatic heterocycles. The molecule has 1 aliphatic rings. The number of aryl methyl sites for hydroxylation is 2. The van der Waals surface area contributed by atoms with Gasteiger partial charge in [-0.1, -0.05) is 17.3 Å². The quantitative estimate of drug-likeness (QED) is 0.754. The van der Waals surface area contributed by atoms with Gasteiger partial charge in [-0.05, 0) is 31.0 Å². The van der Waals surface area contributed by atoms with Crippen LogP contribution >= 0.6 is 0 Å². The Balaban J connectivity index is 1.62. The van der Waals surface area contributed by atoms with Gasteiger partial charge in [0.15, 0.2) is 5.82 Å². The van der Waals surface area contributed by atoms with Crippen molar-refractivity contribution in [3.05, 3.63) is 41.5 Å². The highest BCUT2D eigenvalue weighted by molar-refractivity contribution is 5.77. The lowest BCUT2D eigenvalue weighted by atomic mass is 9.97. The molecule has 2 atom stereocenters. The van der Waals surface area contributed by atoms with Crippen LogP contribution in [0.25, 0.3) is 0 Å². The van der Waals surface area contributed by atoms with E-state index in [1.807, 2.05) is 29.2 Å². The summed E-state index contributed by atoms with van der Waals surface area (Å²) in [4.78, 5) is 18.9. The number of carbonyl (C=O) groups excluding carboxylic acids is 1. The number of methoxy groups -OCH3 is 2. The molecule has 0 saturated carbocycles. The summed E-state index contributed by atoms with van der Waals surface area (Å²) in [7, 11) is 3.31. The second-order valence-electron chi connectivity index (χ2n) is 6.65. The molecule has 1 aliphatic heterocycles. The van der Waals surface area contributed by atoms with E-state index in [4.69, 9.17) is 14.0 Å². The molecule has 3 rings (SSSR count). The number of hydrogen-bond acceptors (Lipinski definition) is 6. The lowest BCUT2D eigenvalue weighted by Crippen LogP contribution is -2.29. The summed E-state index contributed by atoms with van der Waals surface area (Å²) in [6.07, 6.45) is 1.15. The zero-order chi connectivity index (χ0) is 18.5. The van der Waals surface area contributed by atoms with E-state index in [0.717, 1.165) is 11.3 Å². The number of likely N-dealkylation sites (tertiary alicyclic amines) is 1. The van der Waals surface area contributed by atoms with Crippen molar-refractivity contribution < 1.29 is 18.8 Å². The Labute approximate surface area is 153 Å². The number of benzene rings is 1. The lowest BCUT2D eigenvalue weighted by Gasteiger charge is -2.16. The van der Waals surface area contributed by atoms with Crippen molar-refractivity contribution in [2.75, 3.05) is 33.9 Å². The molecular formula is C19H25N3O4. The minimum Gasteiger partial charge on any atom is -0.497 e. The van der Waals surface area contributed by atoms with Crippen molar-refractivity contribution in [1.29, 1.82) is 0 Å². The predicted molar refractivity (Wildman–Crippen MR) is 95.0 cm³/mol. The molecule has 0 N–H and O–H groups in total. The van der Waals surface area contributed by atoms with Crippen LogP contribution in [-0.4, -0.2) is 54.9 Å². The Bertz CT molecular complexity index is 746. The molecule has 2 unspecified atom stereocenters. The van der Waals surface area contributed by atoms with Gasteiger partial charge in [0, 0.05) is 32.5 Å². The van der Waals surface area contributed by atoms with E-state index in [9.17, 15) is 4.79 Å². The molecule has 0 bridgehead atoms. The Morgan fingerprint density at radius 2 is 2.19 bits per heavy atom. The molecule has 26 heavy (non-hydrogen) atoms. The molecule has 1 amide bonds. The van der Waals surface area contributed by atoms with E-state index in [1.54, 1.807) is 21.1 Å². The maximum Gasteiger partial charge on any atom is 0.231 e. The number of ether oxygens (including phenoxy) is 2. The lowest BCUT2D eigenvalue weighted by molar-refractivity contribution is -0.130. The number of rotatable bonds is 7. The fraction of sp³-hybridized carbons (Fsp3) is 0.526. The summed E-state index contributed by atoms with van der Waals surface area (Å²) in [5.41, 5.74) is 1.09. The van der Waals surface area contributed by atoms with Crippen LogP contribution in [0.3, 0.4) is 0 Å². The number of nitrogens with zero attached hydrogens (tertiary/aromatic N) is 3. The average Bonchev–Trinajstić information content (AvgIpc) is 3.26. The van der Waals surface area contributed by atoms with Crippen LogP contribution in [0.15, 0.2) is 28.8 Å². The standard InChI is InChI=1S/C19H25N3O4/c1-13-20-19(26-21-13)17-11-22(10-15(17)12-24-2)18(23)8-7-14-5-4-6-16(9-14)25-3/h4-6,9,15,17H,7-8,10-12H2,1-3H3. The molecular weight excluding hydrogens is 334 g/mol. The van der Waals surface area contributed by atoms with Gasteiger partial charge in [0.25, 0.3) is 0 Å². The van der Waals surface area contributed by atoms with Crippen LogP contribution in [0, 0.1) is 12.8 Å². The largest absolute Gasteiger partial charge is 0.497 e. The molecule has 1 fully saturated rings. The highest BCUT2D eigenvalue weighted by Crippen LogP contribution is 2.32. The number of carbonyl (C=O) groups is 1. The topological polar surface area (TPSA) is 77.7 Å². The second-order valence-corrected chi connectivity index (χ2v) is 6.65. The summed E-state index contributed by atoms with van der Waals surface area (Å²) in [6, 6.07) is 7.82. The van der Waals surface area contributed by atoms with Crippen molar-refractivity contribution in [3.63, 3.8) is 0 Å². The molecule has 2 aromatic rings. The Morgan fingerprint density at radius 1 is 1.35 bits per heavy atom. The molecule has 7 nitrogen and oxygen atoms in total. The van der Waals surface area contributed by atoms with E-state index in [-0.39, 0.29) is 17.7 Å². The zero-order valence-electron chi connectivity index (χ0n) is 15.5. The van der Waals surface area contributed by atoms with Gasteiger partial charge in [-0.15, -0.1) is 0 Å². The predicted octanol–water partition coefficient (Wildman–Crippen LogP) is 2.21. The summed E-state index contributed by atoms with van der Waals surface area (Å²) in [5, 5.41) is 3.88. The van der Waals surface area contributed by atoms with E-state index in [0.29, 0.717) is 44.3 Å². The number of amides is 1. The normalized spacial score (nSPS) is 19.7. The molecule has 140 valence electrons. The fourth-order valence-corrected chi connectivity index (χ4v) is 3.44. The van der Waals surface area contributed by atoms with Gasteiger partial charge in [0.2, 0.25) is 11.8 Å². The molecule has 0 aliphatic carbocycles. The number of aromatic nitrogens is 2. The average molecular weight is 359 g/mol. The zero-order valence-corrected chi connectivity index (χ0v) is 15.5. The van der Waals surface area contributed by atoms with Crippen LogP contribution in [-0.2, 0) is 16.0 Å². The minimum atomic E-state index is 0.0249. The first-order valence-electron chi connectivity index (χ1n) is 8.80. The third-order valence-electron chi connectivity index (χ3n) is 4.80. The first-order chi connectivity index (χ1) is 12.6. The van der Waals surface area contributed by atoms with E-state index >= 15 is 0 Å². The first-order valence-corrected chi connectivity index (χ1v) is 8.80. The first kappa shape index (κ1) is 18.4. The Morgan fingerprint density at radius 3 is 2.88 bits per heavy atom. The molecule has 7 heteroatoms. The number of hydrogen-bond donors (Lipinski definition) is 0. The second kappa shape index (κ2) is 8.31. The SMILES string of the molecule is COCC1CN(C(=O)CCc2cccc(OC)c2)CC1c1nc(C)no1. The van der Waals surface area contributed by atoms with Crippen molar-refractivity contribution >= 4 is 5.91 Å². The van der Waals surface area contributed by atoms with Crippen LogP contribution in [0.1, 0.15) is 29.6 Å². The van der Waals surface area contributed by atoms with Crippen molar-refractivity contribution in [3.8, 4) is 5.75 Å². The third kappa shape index (κ3) is 4.22. The van der Waals surface area contributed by atoms with Crippen LogP contribution in [0.4, 0.5) is 0 Å². The van der Waals surface area contributed by atoms with Crippen molar-refractivity contribution in [2.24, 2.45) is 5.92 Å². The minimum absolute atomic E-state index is 0.0249.